The maximum Gasteiger partial charge on any atom is 0.264 e. The molecule has 33 heavy (non-hydrogen) atoms. The van der Waals surface area contributed by atoms with Crippen LogP contribution in [-0.4, -0.2) is 34.3 Å². The van der Waals surface area contributed by atoms with Gasteiger partial charge in [-0.05, 0) is 48.9 Å². The lowest BCUT2D eigenvalue weighted by molar-refractivity contribution is -0.119. The number of nitrogens with one attached hydrogen (secondary N) is 1. The van der Waals surface area contributed by atoms with Gasteiger partial charge in [0, 0.05) is 6.54 Å². The highest BCUT2D eigenvalue weighted by Crippen LogP contribution is 2.33. The van der Waals surface area contributed by atoms with Gasteiger partial charge in [0.25, 0.3) is 10.0 Å². The molecule has 8 nitrogen and oxygen atoms in total. The molecule has 0 atom stereocenters. The van der Waals surface area contributed by atoms with Crippen molar-refractivity contribution in [1.82, 2.24) is 5.32 Å². The number of carbonyl (C=O) groups excluding carboxylic acids is 1. The lowest BCUT2D eigenvalue weighted by Gasteiger charge is -2.26. The molecule has 1 aliphatic rings. The van der Waals surface area contributed by atoms with Crippen molar-refractivity contribution in [2.75, 3.05) is 24.2 Å². The van der Waals surface area contributed by atoms with Gasteiger partial charge in [-0.2, -0.15) is 0 Å². The fourth-order valence-corrected chi connectivity index (χ4v) is 4.85. The summed E-state index contributed by atoms with van der Waals surface area (Å²) in [5, 5.41) is 2.78. The van der Waals surface area contributed by atoms with Crippen LogP contribution in [0.4, 0.5) is 5.69 Å². The molecular weight excluding hydrogens is 444 g/mol. The number of hydrogen-bond donors (Lipinski definition) is 1. The van der Waals surface area contributed by atoms with Gasteiger partial charge in [0.05, 0.1) is 17.2 Å². The number of benzene rings is 3. The lowest BCUT2D eigenvalue weighted by Crippen LogP contribution is -2.40. The minimum atomic E-state index is -4.03. The molecule has 1 amide bonds. The molecule has 0 bridgehead atoms. The second-order valence-electron chi connectivity index (χ2n) is 7.19. The number of sulfonamides is 1. The summed E-state index contributed by atoms with van der Waals surface area (Å²) in [6, 6.07) is 20.1. The Morgan fingerprint density at radius 1 is 1.00 bits per heavy atom. The number of fused-ring (bicyclic) bond motifs is 1. The fraction of sp³-hybridized carbons (Fsp3) is 0.208. The van der Waals surface area contributed by atoms with E-state index in [1.54, 1.807) is 54.6 Å². The third-order valence-electron chi connectivity index (χ3n) is 4.98. The number of rotatable bonds is 9. The van der Waals surface area contributed by atoms with Gasteiger partial charge in [0.15, 0.2) is 11.5 Å². The van der Waals surface area contributed by atoms with Crippen molar-refractivity contribution >= 4 is 21.6 Å². The van der Waals surface area contributed by atoms with E-state index in [1.807, 2.05) is 13.0 Å². The maximum atomic E-state index is 13.5. The highest BCUT2D eigenvalue weighted by Gasteiger charge is 2.29. The Hall–Kier alpha value is -3.72. The van der Waals surface area contributed by atoms with Crippen molar-refractivity contribution in [2.45, 2.75) is 18.4 Å². The molecular formula is C24H24N2O6S. The van der Waals surface area contributed by atoms with E-state index >= 15 is 0 Å². The van der Waals surface area contributed by atoms with E-state index in [-0.39, 0.29) is 18.2 Å². The van der Waals surface area contributed by atoms with Gasteiger partial charge < -0.3 is 19.5 Å². The van der Waals surface area contributed by atoms with Crippen LogP contribution in [0.5, 0.6) is 17.2 Å². The number of para-hydroxylation sites is 2. The minimum absolute atomic E-state index is 0.0832. The summed E-state index contributed by atoms with van der Waals surface area (Å²) in [5.74, 6) is 1.18. The Morgan fingerprint density at radius 3 is 2.52 bits per heavy atom. The molecule has 9 heteroatoms. The number of hydrogen-bond acceptors (Lipinski definition) is 6. The quantitative estimate of drug-likeness (QED) is 0.518. The van der Waals surface area contributed by atoms with Crippen LogP contribution in [0.3, 0.4) is 0 Å². The summed E-state index contributed by atoms with van der Waals surface area (Å²) < 4.78 is 44.3. The van der Waals surface area contributed by atoms with Gasteiger partial charge in [-0.25, -0.2) is 8.42 Å². The number of amides is 1. The molecule has 0 fully saturated rings. The Morgan fingerprint density at radius 2 is 1.73 bits per heavy atom. The summed E-state index contributed by atoms with van der Waals surface area (Å²) in [7, 11) is -4.03. The van der Waals surface area contributed by atoms with Gasteiger partial charge >= 0.3 is 0 Å². The first kappa shape index (κ1) is 22.5. The van der Waals surface area contributed by atoms with Gasteiger partial charge in [-0.3, -0.25) is 9.10 Å². The van der Waals surface area contributed by atoms with E-state index in [0.717, 1.165) is 9.87 Å². The topological polar surface area (TPSA) is 94.2 Å². The SMILES string of the molecule is CCOc1ccccc1N(CC(=O)NCc1ccc2c(c1)OCO2)S(=O)(=O)c1ccccc1. The van der Waals surface area contributed by atoms with Gasteiger partial charge in [0.1, 0.15) is 12.3 Å². The zero-order chi connectivity index (χ0) is 23.3. The molecule has 172 valence electrons. The predicted octanol–water partition coefficient (Wildman–Crippen LogP) is 3.33. The van der Waals surface area contributed by atoms with Crippen molar-refractivity contribution < 1.29 is 27.4 Å². The number of anilines is 1. The Balaban J connectivity index is 1.58. The molecule has 1 aliphatic heterocycles. The highest BCUT2D eigenvalue weighted by atomic mass is 32.2. The zero-order valence-electron chi connectivity index (χ0n) is 18.1. The van der Waals surface area contributed by atoms with Crippen LogP contribution < -0.4 is 23.8 Å². The predicted molar refractivity (Wildman–Crippen MR) is 123 cm³/mol. The molecule has 0 spiro atoms. The van der Waals surface area contributed by atoms with Crippen LogP contribution in [0.2, 0.25) is 0 Å². The maximum absolute atomic E-state index is 13.5. The van der Waals surface area contributed by atoms with Crippen LogP contribution in [0.15, 0.2) is 77.7 Å². The smallest absolute Gasteiger partial charge is 0.264 e. The van der Waals surface area contributed by atoms with E-state index in [9.17, 15) is 13.2 Å². The van der Waals surface area contributed by atoms with E-state index in [4.69, 9.17) is 14.2 Å². The van der Waals surface area contributed by atoms with E-state index in [0.29, 0.717) is 29.5 Å². The number of nitrogens with zero attached hydrogens (tertiary/aromatic N) is 1. The van der Waals surface area contributed by atoms with E-state index in [1.165, 1.54) is 12.1 Å². The second-order valence-corrected chi connectivity index (χ2v) is 9.05. The molecule has 1 N–H and O–H groups in total. The molecule has 0 saturated carbocycles. The Labute approximate surface area is 192 Å². The first-order valence-electron chi connectivity index (χ1n) is 10.4. The first-order valence-corrected chi connectivity index (χ1v) is 11.9. The molecule has 1 heterocycles. The van der Waals surface area contributed by atoms with Crippen molar-refractivity contribution in [1.29, 1.82) is 0 Å². The average Bonchev–Trinajstić information content (AvgIpc) is 3.30. The standard InChI is InChI=1S/C24H24N2O6S/c1-2-30-21-11-7-6-10-20(21)26(33(28,29)19-8-4-3-5-9-19)16-24(27)25-15-18-12-13-22-23(14-18)32-17-31-22/h3-14H,2,15-17H2,1H3,(H,25,27). The van der Waals surface area contributed by atoms with Crippen LogP contribution in [-0.2, 0) is 21.4 Å². The average molecular weight is 469 g/mol. The van der Waals surface area contributed by atoms with E-state index < -0.39 is 22.5 Å². The fourth-order valence-electron chi connectivity index (χ4n) is 3.40. The van der Waals surface area contributed by atoms with Gasteiger partial charge in [-0.15, -0.1) is 0 Å². The zero-order valence-corrected chi connectivity index (χ0v) is 18.9. The third kappa shape index (κ3) is 5.04. The molecule has 3 aromatic carbocycles. The molecule has 0 unspecified atom stereocenters. The van der Waals surface area contributed by atoms with Crippen molar-refractivity contribution in [2.24, 2.45) is 0 Å². The molecule has 0 aromatic heterocycles. The van der Waals surface area contributed by atoms with E-state index in [2.05, 4.69) is 5.32 Å². The number of ether oxygens (including phenoxy) is 3. The monoisotopic (exact) mass is 468 g/mol. The molecule has 3 aromatic rings. The van der Waals surface area contributed by atoms with Crippen molar-refractivity contribution in [3.63, 3.8) is 0 Å². The number of carbonyl (C=O) groups is 1. The summed E-state index contributed by atoms with van der Waals surface area (Å²) >= 11 is 0. The second kappa shape index (κ2) is 9.83. The van der Waals surface area contributed by atoms with Crippen LogP contribution in [0.1, 0.15) is 12.5 Å². The molecule has 4 rings (SSSR count). The molecule has 0 saturated heterocycles. The first-order chi connectivity index (χ1) is 16.0. The Kier molecular flexibility index (Phi) is 6.69. The summed E-state index contributed by atoms with van der Waals surface area (Å²) in [4.78, 5) is 13.0. The largest absolute Gasteiger partial charge is 0.492 e. The normalized spacial score (nSPS) is 12.3. The Bertz CT molecular complexity index is 1230. The van der Waals surface area contributed by atoms with Crippen molar-refractivity contribution in [3.8, 4) is 17.2 Å². The van der Waals surface area contributed by atoms with Gasteiger partial charge in [-0.1, -0.05) is 36.4 Å². The van der Waals surface area contributed by atoms with Crippen LogP contribution >= 0.6 is 0 Å². The molecule has 0 aliphatic carbocycles. The van der Waals surface area contributed by atoms with Crippen LogP contribution in [0, 0.1) is 0 Å². The van der Waals surface area contributed by atoms with Crippen molar-refractivity contribution in [3.05, 3.63) is 78.4 Å². The summed E-state index contributed by atoms with van der Waals surface area (Å²) in [6.07, 6.45) is 0. The lowest BCUT2D eigenvalue weighted by atomic mass is 10.2. The molecule has 0 radical (unpaired) electrons. The summed E-state index contributed by atoms with van der Waals surface area (Å²) in [5.41, 5.74) is 1.10. The minimum Gasteiger partial charge on any atom is -0.492 e. The van der Waals surface area contributed by atoms with Crippen LogP contribution in [0.25, 0.3) is 0 Å². The highest BCUT2D eigenvalue weighted by molar-refractivity contribution is 7.92. The third-order valence-corrected chi connectivity index (χ3v) is 6.75. The summed E-state index contributed by atoms with van der Waals surface area (Å²) in [6.45, 7) is 2.13. The van der Waals surface area contributed by atoms with Gasteiger partial charge in [0.2, 0.25) is 12.7 Å².